The number of aromatic nitrogens is 2. The third-order valence-corrected chi connectivity index (χ3v) is 3.90. The first-order valence-electron chi connectivity index (χ1n) is 7.10. The zero-order chi connectivity index (χ0) is 15.4. The number of hydrogen-bond acceptors (Lipinski definition) is 3. The van der Waals surface area contributed by atoms with E-state index in [0.29, 0.717) is 23.2 Å². The van der Waals surface area contributed by atoms with Gasteiger partial charge in [0.2, 0.25) is 0 Å². The fraction of sp³-hybridized carbons (Fsp3) is 0.438. The van der Waals surface area contributed by atoms with Gasteiger partial charge in [0, 0.05) is 29.2 Å². The molecule has 5 heteroatoms. The summed E-state index contributed by atoms with van der Waals surface area (Å²) in [5, 5.41) is 15.5. The summed E-state index contributed by atoms with van der Waals surface area (Å²) in [4.78, 5) is 0. The van der Waals surface area contributed by atoms with Gasteiger partial charge in [-0.25, -0.2) is 0 Å². The van der Waals surface area contributed by atoms with Crippen molar-refractivity contribution in [1.29, 1.82) is 0 Å². The highest BCUT2D eigenvalue weighted by molar-refractivity contribution is 6.30. The molecule has 0 fully saturated rings. The SMILES string of the molecule is CCC(C)n1ccc(CC(O)c2ccc(Cl)cc2OC)n1. The summed E-state index contributed by atoms with van der Waals surface area (Å²) in [5.41, 5.74) is 1.58. The summed E-state index contributed by atoms with van der Waals surface area (Å²) in [7, 11) is 1.57. The monoisotopic (exact) mass is 308 g/mol. The smallest absolute Gasteiger partial charge is 0.126 e. The Labute approximate surface area is 130 Å². The topological polar surface area (TPSA) is 47.3 Å². The van der Waals surface area contributed by atoms with Crippen LogP contribution in [0.4, 0.5) is 0 Å². The third-order valence-electron chi connectivity index (χ3n) is 3.66. The highest BCUT2D eigenvalue weighted by Gasteiger charge is 2.16. The van der Waals surface area contributed by atoms with Crippen LogP contribution in [-0.4, -0.2) is 22.0 Å². The molecular formula is C16H21ClN2O2. The van der Waals surface area contributed by atoms with Gasteiger partial charge in [0.1, 0.15) is 5.75 Å². The van der Waals surface area contributed by atoms with Crippen LogP contribution in [0.25, 0.3) is 0 Å². The molecule has 1 aromatic carbocycles. The van der Waals surface area contributed by atoms with Crippen LogP contribution in [-0.2, 0) is 6.42 Å². The molecule has 21 heavy (non-hydrogen) atoms. The summed E-state index contributed by atoms with van der Waals surface area (Å²) >= 11 is 5.94. The van der Waals surface area contributed by atoms with E-state index in [1.165, 1.54) is 0 Å². The van der Waals surface area contributed by atoms with Crippen LogP contribution in [0.3, 0.4) is 0 Å². The fourth-order valence-electron chi connectivity index (χ4n) is 2.19. The second-order valence-electron chi connectivity index (χ2n) is 5.15. The van der Waals surface area contributed by atoms with Crippen LogP contribution in [0.5, 0.6) is 5.75 Å². The van der Waals surface area contributed by atoms with Crippen molar-refractivity contribution in [2.75, 3.05) is 7.11 Å². The normalized spacial score (nSPS) is 14.0. The Hall–Kier alpha value is -1.52. The average molecular weight is 309 g/mol. The molecule has 1 N–H and O–H groups in total. The molecule has 0 amide bonds. The van der Waals surface area contributed by atoms with E-state index >= 15 is 0 Å². The number of nitrogens with zero attached hydrogens (tertiary/aromatic N) is 2. The molecule has 0 saturated heterocycles. The lowest BCUT2D eigenvalue weighted by Crippen LogP contribution is -2.07. The van der Waals surface area contributed by atoms with Gasteiger partial charge in [0.15, 0.2) is 0 Å². The molecule has 0 aliphatic heterocycles. The van der Waals surface area contributed by atoms with E-state index in [1.54, 1.807) is 25.3 Å². The lowest BCUT2D eigenvalue weighted by molar-refractivity contribution is 0.172. The van der Waals surface area contributed by atoms with Crippen LogP contribution in [0, 0.1) is 0 Å². The molecule has 0 aliphatic rings. The van der Waals surface area contributed by atoms with E-state index < -0.39 is 6.10 Å². The minimum atomic E-state index is -0.669. The molecule has 2 aromatic rings. The van der Waals surface area contributed by atoms with Crippen LogP contribution in [0.2, 0.25) is 5.02 Å². The van der Waals surface area contributed by atoms with Crippen molar-refractivity contribution in [3.63, 3.8) is 0 Å². The van der Waals surface area contributed by atoms with E-state index in [9.17, 15) is 5.11 Å². The molecule has 1 heterocycles. The van der Waals surface area contributed by atoms with Crippen LogP contribution in [0.1, 0.15) is 43.7 Å². The van der Waals surface area contributed by atoms with E-state index in [2.05, 4.69) is 18.9 Å². The Kier molecular flexibility index (Phi) is 5.26. The molecule has 0 spiro atoms. The zero-order valence-corrected chi connectivity index (χ0v) is 13.3. The predicted molar refractivity (Wildman–Crippen MR) is 83.9 cm³/mol. The maximum Gasteiger partial charge on any atom is 0.126 e. The summed E-state index contributed by atoms with van der Waals surface area (Å²) in [6.07, 6.45) is 2.75. The highest BCUT2D eigenvalue weighted by Crippen LogP contribution is 2.30. The first kappa shape index (κ1) is 15.9. The quantitative estimate of drug-likeness (QED) is 0.883. The lowest BCUT2D eigenvalue weighted by atomic mass is 10.0. The molecule has 2 rings (SSSR count). The number of benzene rings is 1. The standard InChI is InChI=1S/C16H21ClN2O2/c1-4-11(2)19-8-7-13(18-19)10-15(20)14-6-5-12(17)9-16(14)21-3/h5-9,11,15,20H,4,10H2,1-3H3. The van der Waals surface area contributed by atoms with E-state index in [4.69, 9.17) is 16.3 Å². The largest absolute Gasteiger partial charge is 0.496 e. The second-order valence-corrected chi connectivity index (χ2v) is 5.59. The number of aliphatic hydroxyl groups excluding tert-OH is 1. The van der Waals surface area contributed by atoms with Crippen molar-refractivity contribution in [1.82, 2.24) is 9.78 Å². The minimum absolute atomic E-state index is 0.362. The summed E-state index contributed by atoms with van der Waals surface area (Å²) in [5.74, 6) is 0.594. The van der Waals surface area contributed by atoms with Crippen molar-refractivity contribution in [2.24, 2.45) is 0 Å². The van der Waals surface area contributed by atoms with E-state index in [0.717, 1.165) is 17.7 Å². The highest BCUT2D eigenvalue weighted by atomic mass is 35.5. The number of rotatable bonds is 6. The number of ether oxygens (including phenoxy) is 1. The molecule has 2 atom stereocenters. The van der Waals surface area contributed by atoms with Crippen molar-refractivity contribution in [3.05, 3.63) is 46.7 Å². The van der Waals surface area contributed by atoms with Gasteiger partial charge in [0.05, 0.1) is 18.9 Å². The Morgan fingerprint density at radius 3 is 2.81 bits per heavy atom. The average Bonchev–Trinajstić information content (AvgIpc) is 2.94. The molecule has 0 saturated carbocycles. The lowest BCUT2D eigenvalue weighted by Gasteiger charge is -2.14. The van der Waals surface area contributed by atoms with Gasteiger partial charge in [0.25, 0.3) is 0 Å². The van der Waals surface area contributed by atoms with Gasteiger partial charge < -0.3 is 9.84 Å². The van der Waals surface area contributed by atoms with Crippen LogP contribution < -0.4 is 4.74 Å². The minimum Gasteiger partial charge on any atom is -0.496 e. The fourth-order valence-corrected chi connectivity index (χ4v) is 2.35. The molecule has 0 aliphatic carbocycles. The van der Waals surface area contributed by atoms with Crippen molar-refractivity contribution < 1.29 is 9.84 Å². The van der Waals surface area contributed by atoms with Crippen LogP contribution >= 0.6 is 11.6 Å². The molecule has 2 unspecified atom stereocenters. The number of halogens is 1. The maximum absolute atomic E-state index is 10.4. The van der Waals surface area contributed by atoms with Gasteiger partial charge >= 0.3 is 0 Å². The van der Waals surface area contributed by atoms with Crippen molar-refractivity contribution >= 4 is 11.6 Å². The van der Waals surface area contributed by atoms with E-state index in [-0.39, 0.29) is 0 Å². The summed E-state index contributed by atoms with van der Waals surface area (Å²) < 4.78 is 7.21. The van der Waals surface area contributed by atoms with E-state index in [1.807, 2.05) is 16.9 Å². The molecule has 114 valence electrons. The first-order valence-corrected chi connectivity index (χ1v) is 7.48. The maximum atomic E-state index is 10.4. The Bertz CT molecular complexity index is 598. The van der Waals surface area contributed by atoms with Gasteiger partial charge in [-0.3, -0.25) is 4.68 Å². The van der Waals surface area contributed by atoms with Crippen molar-refractivity contribution in [3.8, 4) is 5.75 Å². The zero-order valence-electron chi connectivity index (χ0n) is 12.6. The number of hydrogen-bond donors (Lipinski definition) is 1. The first-order chi connectivity index (χ1) is 10.0. The molecular weight excluding hydrogens is 288 g/mol. The summed E-state index contributed by atoms with van der Waals surface area (Å²) in [6, 6.07) is 7.55. The number of methoxy groups -OCH3 is 1. The van der Waals surface area contributed by atoms with Gasteiger partial charge in [-0.15, -0.1) is 0 Å². The Balaban J connectivity index is 2.14. The predicted octanol–water partition coefficient (Wildman–Crippen LogP) is 3.79. The molecule has 0 radical (unpaired) electrons. The summed E-state index contributed by atoms with van der Waals surface area (Å²) in [6.45, 7) is 4.24. The Morgan fingerprint density at radius 2 is 2.14 bits per heavy atom. The molecule has 0 bridgehead atoms. The third kappa shape index (κ3) is 3.77. The van der Waals surface area contributed by atoms with Gasteiger partial charge in [-0.05, 0) is 31.5 Å². The number of aliphatic hydroxyl groups is 1. The van der Waals surface area contributed by atoms with Crippen molar-refractivity contribution in [2.45, 2.75) is 38.8 Å². The molecule has 1 aromatic heterocycles. The second kappa shape index (κ2) is 6.96. The van der Waals surface area contributed by atoms with Gasteiger partial charge in [-0.1, -0.05) is 24.6 Å². The van der Waals surface area contributed by atoms with Crippen LogP contribution in [0.15, 0.2) is 30.5 Å². The molecule has 4 nitrogen and oxygen atoms in total. The van der Waals surface area contributed by atoms with Gasteiger partial charge in [-0.2, -0.15) is 5.10 Å². The Morgan fingerprint density at radius 1 is 1.38 bits per heavy atom.